The predicted octanol–water partition coefficient (Wildman–Crippen LogP) is 3.95. The van der Waals surface area contributed by atoms with Crippen molar-refractivity contribution in [3.05, 3.63) is 46.7 Å². The molecule has 1 aliphatic carbocycles. The zero-order valence-electron chi connectivity index (χ0n) is 17.0. The van der Waals surface area contributed by atoms with Crippen molar-refractivity contribution in [3.63, 3.8) is 0 Å². The number of benzene rings is 1. The zero-order chi connectivity index (χ0) is 20.3. The third-order valence-electron chi connectivity index (χ3n) is 5.43. The van der Waals surface area contributed by atoms with Gasteiger partial charge >= 0.3 is 0 Å². The molecule has 0 spiro atoms. The molecule has 0 bridgehead atoms. The predicted molar refractivity (Wildman–Crippen MR) is 109 cm³/mol. The molecule has 1 aliphatic rings. The molecule has 1 saturated carbocycles. The van der Waals surface area contributed by atoms with Crippen LogP contribution in [0.3, 0.4) is 0 Å². The molecule has 2 N–H and O–H groups in total. The van der Waals surface area contributed by atoms with E-state index in [1.165, 1.54) is 12.1 Å². The Hall–Kier alpha value is -2.28. The molecule has 7 heteroatoms. The van der Waals surface area contributed by atoms with Crippen molar-refractivity contribution in [1.29, 1.82) is 0 Å². The lowest BCUT2D eigenvalue weighted by Gasteiger charge is -2.30. The summed E-state index contributed by atoms with van der Waals surface area (Å²) in [4.78, 5) is 11.3. The molecule has 5 nitrogen and oxygen atoms in total. The number of aromatic nitrogens is 2. The maximum Gasteiger partial charge on any atom is 0.225 e. The van der Waals surface area contributed by atoms with Crippen molar-refractivity contribution in [3.8, 4) is 0 Å². The summed E-state index contributed by atoms with van der Waals surface area (Å²) in [5, 5.41) is 6.94. The minimum Gasteiger partial charge on any atom is -0.362 e. The Morgan fingerprint density at radius 3 is 2.32 bits per heavy atom. The summed E-state index contributed by atoms with van der Waals surface area (Å²) in [7, 11) is 3.98. The number of hydrogen-bond acceptors (Lipinski definition) is 5. The summed E-state index contributed by atoms with van der Waals surface area (Å²) in [5.74, 6) is 0.0286. The second-order valence-corrected chi connectivity index (χ2v) is 7.80. The van der Waals surface area contributed by atoms with E-state index in [0.29, 0.717) is 24.6 Å². The molecule has 0 saturated heterocycles. The number of nitrogens with zero attached hydrogens (tertiary/aromatic N) is 3. The van der Waals surface area contributed by atoms with Crippen LogP contribution >= 0.6 is 0 Å². The van der Waals surface area contributed by atoms with Crippen LogP contribution in [0.2, 0.25) is 0 Å². The molecule has 1 heterocycles. The first-order valence-corrected chi connectivity index (χ1v) is 9.80. The molecular weight excluding hydrogens is 360 g/mol. The summed E-state index contributed by atoms with van der Waals surface area (Å²) in [6.07, 6.45) is 4.07. The Morgan fingerprint density at radius 1 is 1.00 bits per heavy atom. The SMILES string of the molecule is Cc1nc(NC2CCC(NCc3ccc(F)c(F)c3)CC2)nc(N(C)C)c1C. The van der Waals surface area contributed by atoms with Gasteiger partial charge in [0, 0.05) is 44.0 Å². The summed E-state index contributed by atoms with van der Waals surface area (Å²) in [6, 6.07) is 4.79. The standard InChI is InChI=1S/C21H29F2N5/c1-13-14(2)25-21(27-20(13)28(3)4)26-17-8-6-16(7-9-17)24-12-15-5-10-18(22)19(23)11-15/h5,10-11,16-17,24H,6-9,12H2,1-4H3,(H,25,26,27). The van der Waals surface area contributed by atoms with E-state index in [4.69, 9.17) is 0 Å². The molecular formula is C21H29F2N5. The topological polar surface area (TPSA) is 53.1 Å². The van der Waals surface area contributed by atoms with Crippen molar-refractivity contribution in [2.24, 2.45) is 0 Å². The van der Waals surface area contributed by atoms with E-state index >= 15 is 0 Å². The van der Waals surface area contributed by atoms with E-state index in [0.717, 1.165) is 48.3 Å². The number of nitrogens with one attached hydrogen (secondary N) is 2. The van der Waals surface area contributed by atoms with Crippen molar-refractivity contribution >= 4 is 11.8 Å². The van der Waals surface area contributed by atoms with Gasteiger partial charge < -0.3 is 15.5 Å². The van der Waals surface area contributed by atoms with E-state index in [2.05, 4.69) is 20.6 Å². The fourth-order valence-electron chi connectivity index (χ4n) is 3.65. The third kappa shape index (κ3) is 4.95. The van der Waals surface area contributed by atoms with Gasteiger partial charge in [0.15, 0.2) is 11.6 Å². The van der Waals surface area contributed by atoms with Crippen molar-refractivity contribution in [2.75, 3.05) is 24.3 Å². The molecule has 1 aromatic heterocycles. The molecule has 3 rings (SSSR count). The van der Waals surface area contributed by atoms with Gasteiger partial charge in [-0.15, -0.1) is 0 Å². The minimum atomic E-state index is -0.804. The van der Waals surface area contributed by atoms with Crippen LogP contribution in [0, 0.1) is 25.5 Å². The van der Waals surface area contributed by atoms with Crippen LogP contribution in [0.25, 0.3) is 0 Å². The second kappa shape index (κ2) is 8.82. The Bertz CT molecular complexity index is 817. The normalized spacial score (nSPS) is 19.5. The highest BCUT2D eigenvalue weighted by Gasteiger charge is 2.22. The van der Waals surface area contributed by atoms with Gasteiger partial charge in [-0.3, -0.25) is 0 Å². The molecule has 28 heavy (non-hydrogen) atoms. The van der Waals surface area contributed by atoms with Gasteiger partial charge in [0.05, 0.1) is 0 Å². The van der Waals surface area contributed by atoms with E-state index in [-0.39, 0.29) is 0 Å². The highest BCUT2D eigenvalue weighted by molar-refractivity contribution is 5.51. The lowest BCUT2D eigenvalue weighted by atomic mass is 9.91. The van der Waals surface area contributed by atoms with E-state index in [1.807, 2.05) is 32.8 Å². The van der Waals surface area contributed by atoms with Gasteiger partial charge in [-0.25, -0.2) is 13.8 Å². The summed E-state index contributed by atoms with van der Waals surface area (Å²) < 4.78 is 26.3. The van der Waals surface area contributed by atoms with Gasteiger partial charge in [-0.05, 0) is 57.2 Å². The van der Waals surface area contributed by atoms with Gasteiger partial charge in [0.25, 0.3) is 0 Å². The largest absolute Gasteiger partial charge is 0.362 e. The lowest BCUT2D eigenvalue weighted by molar-refractivity contribution is 0.352. The summed E-state index contributed by atoms with van der Waals surface area (Å²) >= 11 is 0. The molecule has 2 aromatic rings. The molecule has 1 aromatic carbocycles. The van der Waals surface area contributed by atoms with Crippen molar-refractivity contribution < 1.29 is 8.78 Å². The average molecular weight is 389 g/mol. The molecule has 0 atom stereocenters. The quantitative estimate of drug-likeness (QED) is 0.784. The van der Waals surface area contributed by atoms with Gasteiger partial charge in [0.2, 0.25) is 5.95 Å². The first-order chi connectivity index (χ1) is 13.3. The number of aryl methyl sites for hydroxylation is 1. The molecule has 1 fully saturated rings. The molecule has 0 amide bonds. The van der Waals surface area contributed by atoms with Crippen LogP contribution in [0.5, 0.6) is 0 Å². The lowest BCUT2D eigenvalue weighted by Crippen LogP contribution is -2.37. The highest BCUT2D eigenvalue weighted by Crippen LogP contribution is 2.24. The van der Waals surface area contributed by atoms with Crippen LogP contribution in [-0.4, -0.2) is 36.1 Å². The molecule has 0 radical (unpaired) electrons. The number of hydrogen-bond donors (Lipinski definition) is 2. The fourth-order valence-corrected chi connectivity index (χ4v) is 3.65. The maximum absolute atomic E-state index is 13.3. The van der Waals surface area contributed by atoms with Crippen LogP contribution in [-0.2, 0) is 6.54 Å². The molecule has 152 valence electrons. The Labute approximate surface area is 165 Å². The van der Waals surface area contributed by atoms with E-state index < -0.39 is 11.6 Å². The van der Waals surface area contributed by atoms with Gasteiger partial charge in [0.1, 0.15) is 5.82 Å². The van der Waals surface area contributed by atoms with E-state index in [9.17, 15) is 8.78 Å². The first-order valence-electron chi connectivity index (χ1n) is 9.80. The van der Waals surface area contributed by atoms with Crippen LogP contribution < -0.4 is 15.5 Å². The monoisotopic (exact) mass is 389 g/mol. The van der Waals surface area contributed by atoms with E-state index in [1.54, 1.807) is 6.07 Å². The summed E-state index contributed by atoms with van der Waals surface area (Å²) in [5.41, 5.74) is 2.85. The minimum absolute atomic E-state index is 0.346. The number of anilines is 2. The Kier molecular flexibility index (Phi) is 6.44. The summed E-state index contributed by atoms with van der Waals surface area (Å²) in [6.45, 7) is 4.60. The maximum atomic E-state index is 13.3. The highest BCUT2D eigenvalue weighted by atomic mass is 19.2. The fraction of sp³-hybridized carbons (Fsp3) is 0.524. The van der Waals surface area contributed by atoms with Crippen LogP contribution in [0.4, 0.5) is 20.5 Å². The van der Waals surface area contributed by atoms with Gasteiger partial charge in [-0.1, -0.05) is 6.07 Å². The molecule has 0 aliphatic heterocycles. The Morgan fingerprint density at radius 2 is 1.68 bits per heavy atom. The first kappa shape index (κ1) is 20.5. The van der Waals surface area contributed by atoms with Crippen molar-refractivity contribution in [2.45, 2.75) is 58.2 Å². The molecule has 0 unspecified atom stereocenters. The number of rotatable bonds is 6. The van der Waals surface area contributed by atoms with Gasteiger partial charge in [-0.2, -0.15) is 4.98 Å². The second-order valence-electron chi connectivity index (χ2n) is 7.80. The Balaban J connectivity index is 1.51. The smallest absolute Gasteiger partial charge is 0.225 e. The van der Waals surface area contributed by atoms with Crippen molar-refractivity contribution in [1.82, 2.24) is 15.3 Å². The number of halogens is 2. The average Bonchev–Trinajstić information content (AvgIpc) is 2.66. The van der Waals surface area contributed by atoms with Crippen LogP contribution in [0.1, 0.15) is 42.5 Å². The zero-order valence-corrected chi connectivity index (χ0v) is 17.0. The third-order valence-corrected chi connectivity index (χ3v) is 5.43. The van der Waals surface area contributed by atoms with Crippen LogP contribution in [0.15, 0.2) is 18.2 Å².